The van der Waals surface area contributed by atoms with E-state index in [1.807, 2.05) is 4.90 Å². The third-order valence-corrected chi connectivity index (χ3v) is 4.13. The van der Waals surface area contributed by atoms with Gasteiger partial charge < -0.3 is 20.3 Å². The number of amides is 2. The van der Waals surface area contributed by atoms with Crippen molar-refractivity contribution in [2.45, 2.75) is 51.2 Å². The highest BCUT2D eigenvalue weighted by Crippen LogP contribution is 2.09. The maximum Gasteiger partial charge on any atom is 0.244 e. The van der Waals surface area contributed by atoms with Gasteiger partial charge in [0.1, 0.15) is 6.04 Å². The van der Waals surface area contributed by atoms with Crippen molar-refractivity contribution >= 4 is 11.8 Å². The Kier molecular flexibility index (Phi) is 6.45. The lowest BCUT2D eigenvalue weighted by molar-refractivity contribution is -0.135. The molecule has 21 heavy (non-hydrogen) atoms. The Morgan fingerprint density at radius 1 is 1.29 bits per heavy atom. The van der Waals surface area contributed by atoms with Crippen molar-refractivity contribution in [3.8, 4) is 0 Å². The molecule has 0 saturated carbocycles. The largest absolute Gasteiger partial charge is 0.378 e. The van der Waals surface area contributed by atoms with Crippen LogP contribution < -0.4 is 10.6 Å². The Morgan fingerprint density at radius 2 is 1.95 bits per heavy atom. The molecule has 0 aromatic carbocycles. The van der Waals surface area contributed by atoms with E-state index in [0.29, 0.717) is 13.0 Å². The molecule has 6 nitrogen and oxygen atoms in total. The van der Waals surface area contributed by atoms with Crippen LogP contribution in [-0.2, 0) is 14.3 Å². The zero-order chi connectivity index (χ0) is 15.1. The molecule has 2 saturated heterocycles. The molecule has 0 aromatic rings. The molecule has 2 fully saturated rings. The number of hydrogen-bond acceptors (Lipinski definition) is 4. The summed E-state index contributed by atoms with van der Waals surface area (Å²) >= 11 is 0. The van der Waals surface area contributed by atoms with Crippen molar-refractivity contribution in [1.29, 1.82) is 0 Å². The Morgan fingerprint density at radius 3 is 2.62 bits per heavy atom. The molecule has 1 unspecified atom stereocenters. The van der Waals surface area contributed by atoms with Gasteiger partial charge >= 0.3 is 0 Å². The molecule has 0 spiro atoms. The van der Waals surface area contributed by atoms with Crippen LogP contribution in [0.3, 0.4) is 0 Å². The molecule has 120 valence electrons. The van der Waals surface area contributed by atoms with Crippen LogP contribution in [0.25, 0.3) is 0 Å². The molecule has 2 aliphatic heterocycles. The van der Waals surface area contributed by atoms with Crippen LogP contribution in [0.2, 0.25) is 0 Å². The van der Waals surface area contributed by atoms with Crippen LogP contribution in [0.5, 0.6) is 0 Å². The summed E-state index contributed by atoms with van der Waals surface area (Å²) in [6.07, 6.45) is 4.73. The standard InChI is InChI=1S/C15H27N3O3/c1-12(15(20)18-9-2-3-10-18)17-14(19)6-11-21-13-4-7-16-8-5-13/h12-13,16H,2-11H2,1H3,(H,17,19). The number of likely N-dealkylation sites (tertiary alicyclic amines) is 1. The van der Waals surface area contributed by atoms with Crippen LogP contribution in [0.15, 0.2) is 0 Å². The molecule has 0 aliphatic carbocycles. The van der Waals surface area contributed by atoms with Gasteiger partial charge in [0, 0.05) is 19.5 Å². The van der Waals surface area contributed by atoms with E-state index < -0.39 is 6.04 Å². The minimum Gasteiger partial charge on any atom is -0.378 e. The van der Waals surface area contributed by atoms with E-state index >= 15 is 0 Å². The molecular formula is C15H27N3O3. The number of ether oxygens (including phenoxy) is 1. The maximum absolute atomic E-state index is 12.1. The van der Waals surface area contributed by atoms with Gasteiger partial charge in [0.15, 0.2) is 0 Å². The van der Waals surface area contributed by atoms with Crippen LogP contribution >= 0.6 is 0 Å². The number of carbonyl (C=O) groups excluding carboxylic acids is 2. The average Bonchev–Trinajstić information content (AvgIpc) is 3.01. The molecule has 0 aromatic heterocycles. The van der Waals surface area contributed by atoms with E-state index in [1.165, 1.54) is 0 Å². The predicted molar refractivity (Wildman–Crippen MR) is 79.9 cm³/mol. The number of hydrogen-bond donors (Lipinski definition) is 2. The van der Waals surface area contributed by atoms with Gasteiger partial charge in [-0.1, -0.05) is 0 Å². The van der Waals surface area contributed by atoms with E-state index in [4.69, 9.17) is 4.74 Å². The molecule has 2 heterocycles. The maximum atomic E-state index is 12.1. The molecule has 0 radical (unpaired) electrons. The van der Waals surface area contributed by atoms with Gasteiger partial charge in [-0.2, -0.15) is 0 Å². The lowest BCUT2D eigenvalue weighted by Crippen LogP contribution is -2.46. The normalized spacial score (nSPS) is 21.3. The summed E-state index contributed by atoms with van der Waals surface area (Å²) in [6.45, 7) is 5.79. The summed E-state index contributed by atoms with van der Waals surface area (Å²) in [5.74, 6) is -0.0795. The molecule has 1 atom stereocenters. The molecule has 2 N–H and O–H groups in total. The summed E-state index contributed by atoms with van der Waals surface area (Å²) in [5, 5.41) is 6.05. The topological polar surface area (TPSA) is 70.7 Å². The highest BCUT2D eigenvalue weighted by Gasteiger charge is 2.24. The van der Waals surface area contributed by atoms with Crippen molar-refractivity contribution < 1.29 is 14.3 Å². The summed E-state index contributed by atoms with van der Waals surface area (Å²) < 4.78 is 5.70. The number of nitrogens with one attached hydrogen (secondary N) is 2. The van der Waals surface area contributed by atoms with E-state index in [0.717, 1.165) is 51.9 Å². The van der Waals surface area contributed by atoms with E-state index in [9.17, 15) is 9.59 Å². The van der Waals surface area contributed by atoms with Gasteiger partial charge in [0.2, 0.25) is 11.8 Å². The monoisotopic (exact) mass is 297 g/mol. The molecule has 2 amide bonds. The predicted octanol–water partition coefficient (Wildman–Crippen LogP) is 0.272. The Balaban J connectivity index is 1.60. The zero-order valence-electron chi connectivity index (χ0n) is 12.9. The van der Waals surface area contributed by atoms with Gasteiger partial charge in [-0.25, -0.2) is 0 Å². The number of rotatable bonds is 6. The first-order valence-electron chi connectivity index (χ1n) is 8.07. The fourth-order valence-corrected chi connectivity index (χ4v) is 2.87. The lowest BCUT2D eigenvalue weighted by atomic mass is 10.1. The van der Waals surface area contributed by atoms with Gasteiger partial charge in [0.05, 0.1) is 12.7 Å². The van der Waals surface area contributed by atoms with Crippen LogP contribution in [-0.4, -0.2) is 61.6 Å². The molecule has 0 bridgehead atoms. The smallest absolute Gasteiger partial charge is 0.244 e. The second kappa shape index (κ2) is 8.34. The first-order chi connectivity index (χ1) is 10.2. The molecule has 2 aliphatic rings. The Hall–Kier alpha value is -1.14. The third-order valence-electron chi connectivity index (χ3n) is 4.13. The lowest BCUT2D eigenvalue weighted by Gasteiger charge is -2.23. The minimum absolute atomic E-state index is 0.0279. The summed E-state index contributed by atoms with van der Waals surface area (Å²) in [4.78, 5) is 25.7. The number of piperidine rings is 1. The van der Waals surface area contributed by atoms with Crippen molar-refractivity contribution in [3.63, 3.8) is 0 Å². The second-order valence-electron chi connectivity index (χ2n) is 5.89. The van der Waals surface area contributed by atoms with E-state index in [1.54, 1.807) is 6.92 Å². The van der Waals surface area contributed by atoms with Gasteiger partial charge in [-0.05, 0) is 45.7 Å². The number of carbonyl (C=O) groups is 2. The van der Waals surface area contributed by atoms with Gasteiger partial charge in [0.25, 0.3) is 0 Å². The fourth-order valence-electron chi connectivity index (χ4n) is 2.87. The molecule has 2 rings (SSSR count). The molecular weight excluding hydrogens is 270 g/mol. The Labute approximate surface area is 126 Å². The molecule has 6 heteroatoms. The SMILES string of the molecule is CC(NC(=O)CCOC1CCNCC1)C(=O)N1CCCC1. The quantitative estimate of drug-likeness (QED) is 0.738. The van der Waals surface area contributed by atoms with Gasteiger partial charge in [-0.15, -0.1) is 0 Å². The van der Waals surface area contributed by atoms with E-state index in [-0.39, 0.29) is 17.9 Å². The van der Waals surface area contributed by atoms with Crippen LogP contribution in [0, 0.1) is 0 Å². The highest BCUT2D eigenvalue weighted by atomic mass is 16.5. The van der Waals surface area contributed by atoms with Crippen molar-refractivity contribution in [2.24, 2.45) is 0 Å². The first kappa shape index (κ1) is 16.2. The number of nitrogens with zero attached hydrogens (tertiary/aromatic N) is 1. The summed E-state index contributed by atoms with van der Waals surface area (Å²) in [5.41, 5.74) is 0. The van der Waals surface area contributed by atoms with Crippen molar-refractivity contribution in [1.82, 2.24) is 15.5 Å². The summed E-state index contributed by atoms with van der Waals surface area (Å²) in [6, 6.07) is -0.436. The fraction of sp³-hybridized carbons (Fsp3) is 0.867. The average molecular weight is 297 g/mol. The third kappa shape index (κ3) is 5.28. The highest BCUT2D eigenvalue weighted by molar-refractivity contribution is 5.87. The zero-order valence-corrected chi connectivity index (χ0v) is 12.9. The van der Waals surface area contributed by atoms with Crippen molar-refractivity contribution in [3.05, 3.63) is 0 Å². The van der Waals surface area contributed by atoms with Crippen LogP contribution in [0.4, 0.5) is 0 Å². The van der Waals surface area contributed by atoms with E-state index in [2.05, 4.69) is 10.6 Å². The second-order valence-corrected chi connectivity index (χ2v) is 5.89. The first-order valence-corrected chi connectivity index (χ1v) is 8.07. The Bertz CT molecular complexity index is 350. The van der Waals surface area contributed by atoms with Crippen molar-refractivity contribution in [2.75, 3.05) is 32.8 Å². The van der Waals surface area contributed by atoms with Gasteiger partial charge in [-0.3, -0.25) is 9.59 Å². The summed E-state index contributed by atoms with van der Waals surface area (Å²) in [7, 11) is 0. The minimum atomic E-state index is -0.436. The van der Waals surface area contributed by atoms with Crippen LogP contribution in [0.1, 0.15) is 39.0 Å².